The Morgan fingerprint density at radius 2 is 1.88 bits per heavy atom. The Kier molecular flexibility index (Phi) is 4.98. The molecule has 2 heterocycles. The zero-order valence-electron chi connectivity index (χ0n) is 20.1. The van der Waals surface area contributed by atoms with E-state index in [1.165, 1.54) is 0 Å². The van der Waals surface area contributed by atoms with Gasteiger partial charge in [0, 0.05) is 43.3 Å². The van der Waals surface area contributed by atoms with Crippen molar-refractivity contribution in [1.82, 2.24) is 14.5 Å². The van der Waals surface area contributed by atoms with Crippen molar-refractivity contribution >= 4 is 16.7 Å². The number of nitrogens with zero attached hydrogens (tertiary/aromatic N) is 3. The molecule has 3 fully saturated rings. The second kappa shape index (κ2) is 7.56. The van der Waals surface area contributed by atoms with Crippen molar-refractivity contribution in [2.24, 2.45) is 18.4 Å². The Hall–Kier alpha value is -3.39. The van der Waals surface area contributed by atoms with Crippen molar-refractivity contribution in [2.45, 2.75) is 31.8 Å². The zero-order valence-corrected chi connectivity index (χ0v) is 20.1. The molecule has 178 valence electrons. The number of pyridine rings is 2. The summed E-state index contributed by atoms with van der Waals surface area (Å²) < 4.78 is 13.2. The highest BCUT2D eigenvalue weighted by Crippen LogP contribution is 2.73. The molecule has 8 heteroatoms. The Labute approximate surface area is 197 Å². The van der Waals surface area contributed by atoms with E-state index in [1.54, 1.807) is 38.2 Å². The van der Waals surface area contributed by atoms with Crippen molar-refractivity contribution in [2.75, 3.05) is 21.3 Å². The highest BCUT2D eigenvalue weighted by atomic mass is 16.5. The van der Waals surface area contributed by atoms with Crippen LogP contribution in [0.25, 0.3) is 21.9 Å². The lowest BCUT2D eigenvalue weighted by molar-refractivity contribution is -0.271. The molecule has 1 aromatic carbocycles. The molecule has 6 rings (SSSR count). The number of aromatic nitrogens is 2. The molecule has 3 aliphatic rings. The molecule has 0 amide bonds. The Bertz CT molecular complexity index is 1350. The van der Waals surface area contributed by atoms with Gasteiger partial charge >= 0.3 is 5.97 Å². The molecular formula is C26H29N3O5. The summed E-state index contributed by atoms with van der Waals surface area (Å²) in [6, 6.07) is 5.78. The van der Waals surface area contributed by atoms with Gasteiger partial charge < -0.3 is 19.1 Å². The number of rotatable bonds is 7. The molecule has 2 aromatic heterocycles. The summed E-state index contributed by atoms with van der Waals surface area (Å²) in [7, 11) is 7.04. The summed E-state index contributed by atoms with van der Waals surface area (Å²) >= 11 is 0. The van der Waals surface area contributed by atoms with Crippen molar-refractivity contribution in [3.63, 3.8) is 0 Å². The van der Waals surface area contributed by atoms with E-state index < -0.39 is 11.4 Å². The highest BCUT2D eigenvalue weighted by Gasteiger charge is 2.78. The minimum atomic E-state index is -0.686. The number of carbonyl (C=O) groups is 1. The van der Waals surface area contributed by atoms with E-state index in [1.807, 2.05) is 38.4 Å². The van der Waals surface area contributed by atoms with Crippen molar-refractivity contribution in [1.29, 1.82) is 0 Å². The number of aryl methyl sites for hydroxylation is 1. The van der Waals surface area contributed by atoms with Crippen LogP contribution in [0.15, 0.2) is 41.6 Å². The van der Waals surface area contributed by atoms with Gasteiger partial charge in [-0.2, -0.15) is 0 Å². The second-order valence-electron chi connectivity index (χ2n) is 9.74. The molecule has 0 radical (unpaired) electrons. The molecule has 34 heavy (non-hydrogen) atoms. The van der Waals surface area contributed by atoms with Gasteiger partial charge in [0.2, 0.25) is 0 Å². The molecule has 1 unspecified atom stereocenters. The first-order valence-electron chi connectivity index (χ1n) is 11.3. The van der Waals surface area contributed by atoms with Gasteiger partial charge in [-0.3, -0.25) is 19.5 Å². The first-order chi connectivity index (χ1) is 16.2. The fourth-order valence-electron chi connectivity index (χ4n) is 6.07. The molecule has 2 bridgehead atoms. The summed E-state index contributed by atoms with van der Waals surface area (Å²) in [6.45, 7) is 2.61. The molecule has 3 aromatic rings. The smallest absolute Gasteiger partial charge is 0.310 e. The van der Waals surface area contributed by atoms with E-state index in [4.69, 9.17) is 9.47 Å². The molecule has 3 aliphatic carbocycles. The zero-order chi connectivity index (χ0) is 24.4. The van der Waals surface area contributed by atoms with E-state index in [0.29, 0.717) is 36.3 Å². The maximum Gasteiger partial charge on any atom is 0.310 e. The third kappa shape index (κ3) is 2.84. The Morgan fingerprint density at radius 1 is 1.24 bits per heavy atom. The van der Waals surface area contributed by atoms with Gasteiger partial charge in [-0.05, 0) is 55.0 Å². The van der Waals surface area contributed by atoms with Crippen LogP contribution in [0.5, 0.6) is 11.5 Å². The number of carboxylic acids is 1. The molecule has 8 nitrogen and oxygen atoms in total. The van der Waals surface area contributed by atoms with Crippen LogP contribution in [0, 0.1) is 11.3 Å². The molecular weight excluding hydrogens is 434 g/mol. The van der Waals surface area contributed by atoms with Crippen LogP contribution >= 0.6 is 0 Å². The third-order valence-corrected chi connectivity index (χ3v) is 8.36. The first kappa shape index (κ1) is 22.4. The van der Waals surface area contributed by atoms with Crippen molar-refractivity contribution < 1.29 is 19.4 Å². The van der Waals surface area contributed by atoms with Crippen LogP contribution in [0.4, 0.5) is 0 Å². The topological polar surface area (TPSA) is 93.9 Å². The van der Waals surface area contributed by atoms with Gasteiger partial charge in [-0.25, -0.2) is 0 Å². The fourth-order valence-corrected chi connectivity index (χ4v) is 6.07. The molecule has 3 saturated carbocycles. The minimum absolute atomic E-state index is 0.101. The van der Waals surface area contributed by atoms with E-state index in [-0.39, 0.29) is 17.0 Å². The largest absolute Gasteiger partial charge is 0.496 e. The average molecular weight is 464 g/mol. The third-order valence-electron chi connectivity index (χ3n) is 8.36. The van der Waals surface area contributed by atoms with Crippen LogP contribution in [0.3, 0.4) is 0 Å². The van der Waals surface area contributed by atoms with Crippen LogP contribution in [0.1, 0.15) is 25.3 Å². The first-order valence-corrected chi connectivity index (χ1v) is 11.3. The van der Waals surface area contributed by atoms with E-state index in [0.717, 1.165) is 22.1 Å². The Balaban J connectivity index is 1.54. The van der Waals surface area contributed by atoms with Gasteiger partial charge in [-0.15, -0.1) is 0 Å². The molecule has 0 spiro atoms. The number of hydrogen-bond acceptors (Lipinski definition) is 6. The van der Waals surface area contributed by atoms with Crippen LogP contribution in [0.2, 0.25) is 0 Å². The molecule has 0 aliphatic heterocycles. The van der Waals surface area contributed by atoms with Gasteiger partial charge in [0.25, 0.3) is 5.56 Å². The highest BCUT2D eigenvalue weighted by molar-refractivity contribution is 5.95. The van der Waals surface area contributed by atoms with E-state index in [2.05, 4.69) is 9.88 Å². The van der Waals surface area contributed by atoms with E-state index in [9.17, 15) is 14.7 Å². The molecule has 1 atom stereocenters. The van der Waals surface area contributed by atoms with Gasteiger partial charge in [0.05, 0.1) is 30.6 Å². The monoisotopic (exact) mass is 463 g/mol. The minimum Gasteiger partial charge on any atom is -0.496 e. The quantitative estimate of drug-likeness (QED) is 0.575. The summed E-state index contributed by atoms with van der Waals surface area (Å²) in [6.07, 6.45) is 6.44. The van der Waals surface area contributed by atoms with Crippen LogP contribution in [-0.4, -0.2) is 52.3 Å². The van der Waals surface area contributed by atoms with Gasteiger partial charge in [-0.1, -0.05) is 6.92 Å². The maximum absolute atomic E-state index is 12.6. The maximum atomic E-state index is 12.6. The van der Waals surface area contributed by atoms with Gasteiger partial charge in [0.1, 0.15) is 11.5 Å². The number of fused-ring (bicyclic) bond motifs is 1. The summed E-state index contributed by atoms with van der Waals surface area (Å²) in [5.74, 6) is 0.785. The number of methoxy groups -OCH3 is 2. The van der Waals surface area contributed by atoms with E-state index >= 15 is 0 Å². The van der Waals surface area contributed by atoms with Crippen LogP contribution < -0.4 is 15.0 Å². The number of aliphatic carboxylic acids is 1. The van der Waals surface area contributed by atoms with Crippen molar-refractivity contribution in [3.05, 3.63) is 52.7 Å². The fraction of sp³-hybridized carbons (Fsp3) is 0.423. The number of hydrogen-bond donors (Lipinski definition) is 1. The Morgan fingerprint density at radius 3 is 2.44 bits per heavy atom. The predicted octanol–water partition coefficient (Wildman–Crippen LogP) is 3.30. The predicted molar refractivity (Wildman–Crippen MR) is 128 cm³/mol. The van der Waals surface area contributed by atoms with Gasteiger partial charge in [0.15, 0.2) is 0 Å². The number of ether oxygens (including phenoxy) is 2. The lowest BCUT2D eigenvalue weighted by atomic mass is 9.33. The summed E-state index contributed by atoms with van der Waals surface area (Å²) in [4.78, 5) is 30.7. The SMILES string of the molecule is COc1cc(-c2cn(C)c(=O)c3cnccc23)cc(OC)c1CN(C)C12CC(C(=O)O)(C1)C2C. The lowest BCUT2D eigenvalue weighted by Gasteiger charge is -2.76. The van der Waals surface area contributed by atoms with Crippen molar-refractivity contribution in [3.8, 4) is 22.6 Å². The number of carboxylic acid groups (broad SMARTS) is 1. The number of benzene rings is 1. The summed E-state index contributed by atoms with van der Waals surface area (Å²) in [5, 5.41) is 11.0. The standard InChI is InChI=1S/C26H29N3O5/c1-15-25(24(31)32)13-26(15,14-25)29(3)12-20-21(33-4)8-16(9-22(20)34-5)19-11-28(2)23(30)18-10-27-7-6-17(18)19/h6-11,15H,12-14H2,1-5H3,(H,31,32). The lowest BCUT2D eigenvalue weighted by Crippen LogP contribution is -2.82. The second-order valence-corrected chi connectivity index (χ2v) is 9.74. The van der Waals surface area contributed by atoms with Crippen LogP contribution in [-0.2, 0) is 18.4 Å². The average Bonchev–Trinajstić information content (AvgIpc) is 2.80. The normalized spacial score (nSPS) is 25.1. The summed E-state index contributed by atoms with van der Waals surface area (Å²) in [5.41, 5.74) is 1.90. The molecule has 0 saturated heterocycles. The molecule has 1 N–H and O–H groups in total.